The minimum Gasteiger partial charge on any atom is -0.271 e. The Hall–Kier alpha value is -2.82. The van der Waals surface area contributed by atoms with Crippen molar-refractivity contribution in [1.82, 2.24) is 4.67 Å². The molecule has 1 aliphatic carbocycles. The zero-order valence-electron chi connectivity index (χ0n) is 21.0. The number of benzene rings is 4. The summed E-state index contributed by atoms with van der Waals surface area (Å²) in [5.74, 6) is 0.369. The van der Waals surface area contributed by atoms with Crippen LogP contribution in [0.15, 0.2) is 145 Å². The molecular weight excluding hydrogens is 472 g/mol. The first-order valence-corrected chi connectivity index (χ1v) is 15.4. The quantitative estimate of drug-likeness (QED) is 0.223. The number of nitrogens with zero attached hydrogens (tertiary/aromatic N) is 1. The topological polar surface area (TPSA) is 3.24 Å². The predicted octanol–water partition coefficient (Wildman–Crippen LogP) is 6.95. The van der Waals surface area contributed by atoms with Crippen LogP contribution in [0.5, 0.6) is 0 Å². The second-order valence-corrected chi connectivity index (χ2v) is 13.4. The highest BCUT2D eigenvalue weighted by Gasteiger charge is 2.35. The summed E-state index contributed by atoms with van der Waals surface area (Å²) in [5, 5.41) is 7.20. The maximum absolute atomic E-state index is 2.75. The SMILES string of the molecule is CCN([C@H](C)C1C=CC=C1P(c1ccccc1)c1ccccc1)P(c1ccccc1)c1ccccc1. The summed E-state index contributed by atoms with van der Waals surface area (Å²) in [7, 11) is -1.24. The van der Waals surface area contributed by atoms with Crippen molar-refractivity contribution in [3.8, 4) is 0 Å². The van der Waals surface area contributed by atoms with Crippen molar-refractivity contribution < 1.29 is 0 Å². The summed E-state index contributed by atoms with van der Waals surface area (Å²) in [4.78, 5) is 0. The number of hydrogen-bond donors (Lipinski definition) is 0. The van der Waals surface area contributed by atoms with Crippen LogP contribution in [-0.4, -0.2) is 17.3 Å². The molecule has 0 fully saturated rings. The lowest BCUT2D eigenvalue weighted by molar-refractivity contribution is 0.342. The van der Waals surface area contributed by atoms with Crippen molar-refractivity contribution >= 4 is 37.2 Å². The molecule has 0 amide bonds. The minimum absolute atomic E-state index is 0.365. The predicted molar refractivity (Wildman–Crippen MR) is 161 cm³/mol. The van der Waals surface area contributed by atoms with Gasteiger partial charge in [-0.3, -0.25) is 4.67 Å². The second kappa shape index (κ2) is 11.9. The summed E-state index contributed by atoms with van der Waals surface area (Å²) < 4.78 is 2.75. The molecule has 0 heterocycles. The molecule has 3 heteroatoms. The molecule has 36 heavy (non-hydrogen) atoms. The van der Waals surface area contributed by atoms with Crippen LogP contribution in [0.25, 0.3) is 0 Å². The summed E-state index contributed by atoms with van der Waals surface area (Å²) in [5.41, 5.74) is 0. The molecule has 4 aromatic rings. The average Bonchev–Trinajstić information content (AvgIpc) is 3.43. The van der Waals surface area contributed by atoms with Gasteiger partial charge in [0.1, 0.15) is 0 Å². The van der Waals surface area contributed by atoms with E-state index in [0.29, 0.717) is 12.0 Å². The van der Waals surface area contributed by atoms with Crippen LogP contribution in [0, 0.1) is 5.92 Å². The molecule has 4 aromatic carbocycles. The lowest BCUT2D eigenvalue weighted by atomic mass is 10.0. The molecule has 1 nitrogen and oxygen atoms in total. The van der Waals surface area contributed by atoms with Gasteiger partial charge in [-0.25, -0.2) is 0 Å². The van der Waals surface area contributed by atoms with Gasteiger partial charge in [-0.1, -0.05) is 146 Å². The van der Waals surface area contributed by atoms with E-state index in [4.69, 9.17) is 0 Å². The van der Waals surface area contributed by atoms with Crippen molar-refractivity contribution in [2.24, 2.45) is 5.92 Å². The van der Waals surface area contributed by atoms with E-state index in [1.165, 1.54) is 21.2 Å². The highest BCUT2D eigenvalue weighted by molar-refractivity contribution is 7.76. The van der Waals surface area contributed by atoms with E-state index in [1.54, 1.807) is 5.31 Å². The highest BCUT2D eigenvalue weighted by atomic mass is 31.1. The van der Waals surface area contributed by atoms with Crippen molar-refractivity contribution in [2.75, 3.05) is 6.54 Å². The van der Waals surface area contributed by atoms with Gasteiger partial charge in [0, 0.05) is 26.6 Å². The summed E-state index contributed by atoms with van der Waals surface area (Å²) in [6, 6.07) is 44.7. The zero-order valence-corrected chi connectivity index (χ0v) is 22.8. The molecule has 180 valence electrons. The van der Waals surface area contributed by atoms with Crippen LogP contribution in [0.1, 0.15) is 13.8 Å². The van der Waals surface area contributed by atoms with Crippen molar-refractivity contribution in [2.45, 2.75) is 19.9 Å². The Morgan fingerprint density at radius 2 is 1.06 bits per heavy atom. The Morgan fingerprint density at radius 3 is 1.47 bits per heavy atom. The van der Waals surface area contributed by atoms with Crippen molar-refractivity contribution in [1.29, 1.82) is 0 Å². The van der Waals surface area contributed by atoms with Crippen LogP contribution in [0.4, 0.5) is 0 Å². The number of rotatable bonds is 9. The van der Waals surface area contributed by atoms with Gasteiger partial charge in [0.2, 0.25) is 0 Å². The zero-order chi connectivity index (χ0) is 24.7. The summed E-state index contributed by atoms with van der Waals surface area (Å²) >= 11 is 0. The van der Waals surface area contributed by atoms with Gasteiger partial charge in [-0.05, 0) is 41.4 Å². The van der Waals surface area contributed by atoms with E-state index in [0.717, 1.165) is 6.54 Å². The second-order valence-electron chi connectivity index (χ2n) is 8.99. The molecule has 0 saturated heterocycles. The third-order valence-electron chi connectivity index (χ3n) is 6.79. The smallest absolute Gasteiger partial charge is 0.0283 e. The Bertz CT molecular complexity index is 1210. The Balaban J connectivity index is 1.53. The summed E-state index contributed by atoms with van der Waals surface area (Å²) in [6.07, 6.45) is 7.13. The number of hydrogen-bond acceptors (Lipinski definition) is 1. The van der Waals surface area contributed by atoms with Crippen LogP contribution in [0.3, 0.4) is 0 Å². The Kier molecular flexibility index (Phi) is 8.25. The fraction of sp³-hybridized carbons (Fsp3) is 0.152. The van der Waals surface area contributed by atoms with Gasteiger partial charge in [0.05, 0.1) is 0 Å². The molecule has 5 rings (SSSR count). The summed E-state index contributed by atoms with van der Waals surface area (Å²) in [6.45, 7) is 5.75. The van der Waals surface area contributed by atoms with Gasteiger partial charge in [-0.2, -0.15) is 0 Å². The van der Waals surface area contributed by atoms with Gasteiger partial charge in [-0.15, -0.1) is 0 Å². The molecular formula is C33H33NP2. The molecule has 1 unspecified atom stereocenters. The Labute approximate surface area is 218 Å². The van der Waals surface area contributed by atoms with Crippen molar-refractivity contribution in [3.63, 3.8) is 0 Å². The molecule has 0 radical (unpaired) electrons. The first-order chi connectivity index (χ1) is 17.8. The first-order valence-electron chi connectivity index (χ1n) is 12.7. The third kappa shape index (κ3) is 5.30. The van der Waals surface area contributed by atoms with Gasteiger partial charge < -0.3 is 0 Å². The maximum atomic E-state index is 2.75. The van der Waals surface area contributed by atoms with E-state index >= 15 is 0 Å². The van der Waals surface area contributed by atoms with E-state index in [9.17, 15) is 0 Å². The van der Waals surface area contributed by atoms with Gasteiger partial charge in [0.15, 0.2) is 0 Å². The standard InChI is InChI=1S/C33H33NP2/c1-3-34(36(30-21-12-6-13-22-30)31-23-14-7-15-24-31)27(2)32-25-16-26-33(32)35(28-17-8-4-9-18-28)29-19-10-5-11-20-29/h4-27,32H,3H2,1-2H3/t27-,32?/m1/s1. The van der Waals surface area contributed by atoms with Gasteiger partial charge in [0.25, 0.3) is 0 Å². The van der Waals surface area contributed by atoms with Crippen LogP contribution >= 0.6 is 16.0 Å². The average molecular weight is 506 g/mol. The van der Waals surface area contributed by atoms with Crippen LogP contribution in [-0.2, 0) is 0 Å². The monoisotopic (exact) mass is 505 g/mol. The molecule has 2 atom stereocenters. The van der Waals surface area contributed by atoms with E-state index in [-0.39, 0.29) is 0 Å². The fourth-order valence-electron chi connectivity index (χ4n) is 5.10. The first kappa shape index (κ1) is 24.9. The normalized spacial score (nSPS) is 16.0. The molecule has 1 aliphatic rings. The molecule has 0 N–H and O–H groups in total. The van der Waals surface area contributed by atoms with E-state index in [2.05, 4.69) is 158 Å². The van der Waals surface area contributed by atoms with E-state index in [1.807, 2.05) is 0 Å². The molecule has 0 saturated carbocycles. The molecule has 0 aromatic heterocycles. The van der Waals surface area contributed by atoms with Crippen LogP contribution in [0.2, 0.25) is 0 Å². The lowest BCUT2D eigenvalue weighted by Gasteiger charge is -2.40. The fourth-order valence-corrected chi connectivity index (χ4v) is 10.4. The number of allylic oxidation sites excluding steroid dienone is 2. The van der Waals surface area contributed by atoms with Crippen molar-refractivity contribution in [3.05, 3.63) is 145 Å². The largest absolute Gasteiger partial charge is 0.271 e. The molecule has 0 spiro atoms. The third-order valence-corrected chi connectivity index (χ3v) is 12.1. The maximum Gasteiger partial charge on any atom is 0.0283 e. The lowest BCUT2D eigenvalue weighted by Crippen LogP contribution is -2.39. The molecule has 0 aliphatic heterocycles. The van der Waals surface area contributed by atoms with Crippen LogP contribution < -0.4 is 21.2 Å². The van der Waals surface area contributed by atoms with E-state index < -0.39 is 16.0 Å². The highest BCUT2D eigenvalue weighted by Crippen LogP contribution is 2.52. The van der Waals surface area contributed by atoms with Gasteiger partial charge >= 0.3 is 0 Å². The minimum atomic E-state index is -0.637. The Morgan fingerprint density at radius 1 is 0.639 bits per heavy atom. The molecule has 0 bridgehead atoms.